The summed E-state index contributed by atoms with van der Waals surface area (Å²) in [5.74, 6) is 0.706. The van der Waals surface area contributed by atoms with E-state index >= 15 is 0 Å². The van der Waals surface area contributed by atoms with Crippen LogP contribution in [0.25, 0.3) is 0 Å². The van der Waals surface area contributed by atoms with Gasteiger partial charge in [0.15, 0.2) is 0 Å². The number of carbonyl (C=O) groups is 1. The van der Waals surface area contributed by atoms with Gasteiger partial charge in [0, 0.05) is 32.9 Å². The van der Waals surface area contributed by atoms with Gasteiger partial charge in [-0.1, -0.05) is 37.3 Å². The van der Waals surface area contributed by atoms with Crippen molar-refractivity contribution in [2.24, 2.45) is 5.92 Å². The quantitative estimate of drug-likeness (QED) is 0.863. The van der Waals surface area contributed by atoms with Crippen molar-refractivity contribution in [1.29, 1.82) is 0 Å². The third kappa shape index (κ3) is 3.94. The van der Waals surface area contributed by atoms with Gasteiger partial charge in [-0.25, -0.2) is 0 Å². The summed E-state index contributed by atoms with van der Waals surface area (Å²) >= 11 is 0. The third-order valence-corrected chi connectivity index (χ3v) is 4.60. The topological polar surface area (TPSA) is 36.4 Å². The van der Waals surface area contributed by atoms with E-state index in [2.05, 4.69) is 16.8 Å². The Morgan fingerprint density at radius 2 is 2.08 bits per heavy atom. The van der Waals surface area contributed by atoms with Gasteiger partial charge in [-0.2, -0.15) is 0 Å². The fraction of sp³-hybridized carbons (Fsp3) is 0.400. The lowest BCUT2D eigenvalue weighted by atomic mass is 10.00. The van der Waals surface area contributed by atoms with Gasteiger partial charge in [0.05, 0.1) is 17.4 Å². The minimum absolute atomic E-state index is 0.0123. The molecule has 1 atom stereocenters. The Hall–Kier alpha value is -2.36. The molecule has 1 saturated heterocycles. The van der Waals surface area contributed by atoms with Crippen LogP contribution in [-0.2, 0) is 6.54 Å². The van der Waals surface area contributed by atoms with Crippen LogP contribution in [-0.4, -0.2) is 35.9 Å². The average molecular weight is 323 g/mol. The maximum absolute atomic E-state index is 12.7. The van der Waals surface area contributed by atoms with E-state index in [1.165, 1.54) is 12.8 Å². The number of hydrogen-bond donors (Lipinski definition) is 0. The molecule has 2 aromatic rings. The van der Waals surface area contributed by atoms with Gasteiger partial charge in [-0.15, -0.1) is 0 Å². The van der Waals surface area contributed by atoms with Crippen LogP contribution in [0.4, 0.5) is 5.69 Å². The molecule has 0 aliphatic carbocycles. The standard InChI is InChI=1S/C20H25N3O/c1-16-7-6-10-23(14-16)19-11-18(12-21-13-19)20(24)22(2)15-17-8-4-3-5-9-17/h3-5,8-9,11-13,16H,6-7,10,14-15H2,1-2H3. The van der Waals surface area contributed by atoms with Crippen molar-refractivity contribution < 1.29 is 4.79 Å². The third-order valence-electron chi connectivity index (χ3n) is 4.60. The summed E-state index contributed by atoms with van der Waals surface area (Å²) in [6.45, 7) is 4.97. The number of aromatic nitrogens is 1. The van der Waals surface area contributed by atoms with Crippen LogP contribution in [0.2, 0.25) is 0 Å². The Kier molecular flexibility index (Phi) is 5.14. The smallest absolute Gasteiger partial charge is 0.255 e. The van der Waals surface area contributed by atoms with Crippen LogP contribution in [0.3, 0.4) is 0 Å². The van der Waals surface area contributed by atoms with Crippen LogP contribution in [0, 0.1) is 5.92 Å². The first-order valence-electron chi connectivity index (χ1n) is 8.63. The number of carbonyl (C=O) groups excluding carboxylic acids is 1. The van der Waals surface area contributed by atoms with E-state index in [4.69, 9.17) is 0 Å². The Morgan fingerprint density at radius 1 is 1.29 bits per heavy atom. The van der Waals surface area contributed by atoms with E-state index in [1.807, 2.05) is 49.6 Å². The molecule has 0 N–H and O–H groups in total. The first kappa shape index (κ1) is 16.5. The fourth-order valence-electron chi connectivity index (χ4n) is 3.29. The summed E-state index contributed by atoms with van der Waals surface area (Å²) in [6, 6.07) is 12.0. The maximum Gasteiger partial charge on any atom is 0.255 e. The summed E-state index contributed by atoms with van der Waals surface area (Å²) in [7, 11) is 1.84. The van der Waals surface area contributed by atoms with E-state index in [0.717, 1.165) is 24.3 Å². The maximum atomic E-state index is 12.7. The van der Waals surface area contributed by atoms with Crippen molar-refractivity contribution >= 4 is 11.6 Å². The Morgan fingerprint density at radius 3 is 2.83 bits per heavy atom. The minimum atomic E-state index is 0.0123. The number of anilines is 1. The van der Waals surface area contributed by atoms with Crippen LogP contribution in [0.1, 0.15) is 35.7 Å². The second kappa shape index (κ2) is 7.47. The molecule has 4 nitrogen and oxygen atoms in total. The number of pyridine rings is 1. The van der Waals surface area contributed by atoms with Crippen LogP contribution in [0.5, 0.6) is 0 Å². The zero-order valence-corrected chi connectivity index (χ0v) is 14.5. The highest BCUT2D eigenvalue weighted by Crippen LogP contribution is 2.23. The molecule has 2 heterocycles. The molecule has 1 aromatic carbocycles. The summed E-state index contributed by atoms with van der Waals surface area (Å²) in [4.78, 5) is 21.1. The number of hydrogen-bond acceptors (Lipinski definition) is 3. The Balaban J connectivity index is 1.72. The highest BCUT2D eigenvalue weighted by Gasteiger charge is 2.19. The second-order valence-corrected chi connectivity index (χ2v) is 6.77. The highest BCUT2D eigenvalue weighted by atomic mass is 16.2. The van der Waals surface area contributed by atoms with Crippen molar-refractivity contribution in [1.82, 2.24) is 9.88 Å². The van der Waals surface area contributed by atoms with E-state index in [0.29, 0.717) is 18.0 Å². The molecular weight excluding hydrogens is 298 g/mol. The van der Waals surface area contributed by atoms with Crippen LogP contribution < -0.4 is 4.90 Å². The first-order valence-corrected chi connectivity index (χ1v) is 8.63. The van der Waals surface area contributed by atoms with Crippen molar-refractivity contribution in [2.75, 3.05) is 25.0 Å². The Labute approximate surface area is 144 Å². The molecule has 3 rings (SSSR count). The van der Waals surface area contributed by atoms with Gasteiger partial charge in [-0.3, -0.25) is 9.78 Å². The van der Waals surface area contributed by atoms with Crippen LogP contribution in [0.15, 0.2) is 48.8 Å². The number of piperidine rings is 1. The Bertz CT molecular complexity index is 686. The van der Waals surface area contributed by atoms with Gasteiger partial charge >= 0.3 is 0 Å². The predicted octanol–water partition coefficient (Wildman–Crippen LogP) is 3.59. The molecule has 1 aliphatic rings. The molecule has 1 unspecified atom stereocenters. The van der Waals surface area contributed by atoms with Crippen LogP contribution >= 0.6 is 0 Å². The van der Waals surface area contributed by atoms with E-state index in [1.54, 1.807) is 11.1 Å². The molecule has 1 fully saturated rings. The van der Waals surface area contributed by atoms with Gasteiger partial charge in [0.2, 0.25) is 0 Å². The van der Waals surface area contributed by atoms with Crippen molar-refractivity contribution in [2.45, 2.75) is 26.3 Å². The van der Waals surface area contributed by atoms with E-state index < -0.39 is 0 Å². The molecule has 1 aliphatic heterocycles. The number of rotatable bonds is 4. The number of amides is 1. The zero-order chi connectivity index (χ0) is 16.9. The predicted molar refractivity (Wildman–Crippen MR) is 97.1 cm³/mol. The van der Waals surface area contributed by atoms with Crippen molar-refractivity contribution in [3.63, 3.8) is 0 Å². The molecule has 0 saturated carbocycles. The molecule has 0 radical (unpaired) electrons. The normalized spacial score (nSPS) is 17.6. The van der Waals surface area contributed by atoms with Gasteiger partial charge < -0.3 is 9.80 Å². The zero-order valence-electron chi connectivity index (χ0n) is 14.5. The van der Waals surface area contributed by atoms with Crippen molar-refractivity contribution in [3.05, 3.63) is 59.9 Å². The van der Waals surface area contributed by atoms with Crippen molar-refractivity contribution in [3.8, 4) is 0 Å². The molecule has 1 aromatic heterocycles. The monoisotopic (exact) mass is 323 g/mol. The molecule has 0 spiro atoms. The van der Waals surface area contributed by atoms with Gasteiger partial charge in [0.25, 0.3) is 5.91 Å². The summed E-state index contributed by atoms with van der Waals surface area (Å²) in [5, 5.41) is 0. The van der Waals surface area contributed by atoms with E-state index in [-0.39, 0.29) is 5.91 Å². The van der Waals surface area contributed by atoms with E-state index in [9.17, 15) is 4.79 Å². The largest absolute Gasteiger partial charge is 0.370 e. The lowest BCUT2D eigenvalue weighted by molar-refractivity contribution is 0.0784. The summed E-state index contributed by atoms with van der Waals surface area (Å²) < 4.78 is 0. The number of benzene rings is 1. The highest BCUT2D eigenvalue weighted by molar-refractivity contribution is 5.94. The average Bonchev–Trinajstić information content (AvgIpc) is 2.62. The lowest BCUT2D eigenvalue weighted by Crippen LogP contribution is -2.34. The number of nitrogens with zero attached hydrogens (tertiary/aromatic N) is 3. The molecule has 4 heteroatoms. The molecule has 126 valence electrons. The summed E-state index contributed by atoms with van der Waals surface area (Å²) in [6.07, 6.45) is 6.02. The molecule has 1 amide bonds. The molecular formula is C20H25N3O. The molecule has 24 heavy (non-hydrogen) atoms. The van der Waals surface area contributed by atoms with Gasteiger partial charge in [-0.05, 0) is 30.4 Å². The second-order valence-electron chi connectivity index (χ2n) is 6.77. The first-order chi connectivity index (χ1) is 11.6. The fourth-order valence-corrected chi connectivity index (χ4v) is 3.29. The van der Waals surface area contributed by atoms with Gasteiger partial charge in [0.1, 0.15) is 0 Å². The lowest BCUT2D eigenvalue weighted by Gasteiger charge is -2.32. The minimum Gasteiger partial charge on any atom is -0.370 e. The SMILES string of the molecule is CC1CCCN(c2cncc(C(=O)N(C)Cc3ccccc3)c2)C1. The summed E-state index contributed by atoms with van der Waals surface area (Å²) in [5.41, 5.74) is 2.84. The molecule has 0 bridgehead atoms.